The number of pyridine rings is 1. The molecule has 0 aliphatic heterocycles. The summed E-state index contributed by atoms with van der Waals surface area (Å²) >= 11 is 0. The van der Waals surface area contributed by atoms with Gasteiger partial charge >= 0.3 is 0 Å². The van der Waals surface area contributed by atoms with Crippen LogP contribution in [0.5, 0.6) is 0 Å². The maximum Gasteiger partial charge on any atom is 0.0526 e. The highest BCUT2D eigenvalue weighted by molar-refractivity contribution is 5.75. The molecule has 1 aliphatic carbocycles. The molecule has 0 bridgehead atoms. The molecular formula is C13H11N. The van der Waals surface area contributed by atoms with Crippen molar-refractivity contribution in [3.63, 3.8) is 0 Å². The van der Waals surface area contributed by atoms with Crippen molar-refractivity contribution in [2.24, 2.45) is 0 Å². The second-order valence-corrected chi connectivity index (χ2v) is 3.84. The Morgan fingerprint density at radius 3 is 2.93 bits per heavy atom. The molecule has 1 nitrogen and oxygen atoms in total. The molecule has 0 N–H and O–H groups in total. The maximum atomic E-state index is 4.47. The summed E-state index contributed by atoms with van der Waals surface area (Å²) < 4.78 is 0. The molecule has 0 spiro atoms. The Morgan fingerprint density at radius 1 is 1.14 bits per heavy atom. The minimum Gasteiger partial charge on any atom is -0.260 e. The van der Waals surface area contributed by atoms with Crippen molar-refractivity contribution in [2.45, 2.75) is 13.3 Å². The topological polar surface area (TPSA) is 12.9 Å². The van der Waals surface area contributed by atoms with Crippen LogP contribution >= 0.6 is 0 Å². The highest BCUT2D eigenvalue weighted by Crippen LogP contribution is 2.35. The van der Waals surface area contributed by atoms with Crippen molar-refractivity contribution in [1.29, 1.82) is 0 Å². The lowest BCUT2D eigenvalue weighted by Gasteiger charge is -2.00. The molecule has 0 saturated carbocycles. The van der Waals surface area contributed by atoms with Crippen molar-refractivity contribution >= 4 is 0 Å². The molecule has 14 heavy (non-hydrogen) atoms. The van der Waals surface area contributed by atoms with E-state index in [1.807, 2.05) is 6.20 Å². The lowest BCUT2D eigenvalue weighted by molar-refractivity contribution is 1.11. The number of aryl methyl sites for hydroxylation is 1. The molecule has 3 rings (SSSR count). The second kappa shape index (κ2) is 2.68. The van der Waals surface area contributed by atoms with Gasteiger partial charge in [-0.1, -0.05) is 24.3 Å². The lowest BCUT2D eigenvalue weighted by atomic mass is 10.1. The summed E-state index contributed by atoms with van der Waals surface area (Å²) in [6.45, 7) is 2.09. The fourth-order valence-corrected chi connectivity index (χ4v) is 2.09. The van der Waals surface area contributed by atoms with E-state index in [0.717, 1.165) is 6.42 Å². The summed E-state index contributed by atoms with van der Waals surface area (Å²) in [5, 5.41) is 0. The summed E-state index contributed by atoms with van der Waals surface area (Å²) in [4.78, 5) is 4.47. The zero-order chi connectivity index (χ0) is 9.54. The molecule has 2 aromatic rings. The van der Waals surface area contributed by atoms with Gasteiger partial charge < -0.3 is 0 Å². The first-order valence-electron chi connectivity index (χ1n) is 4.88. The Kier molecular flexibility index (Phi) is 1.48. The van der Waals surface area contributed by atoms with Crippen LogP contribution in [-0.2, 0) is 6.42 Å². The fourth-order valence-electron chi connectivity index (χ4n) is 2.09. The van der Waals surface area contributed by atoms with Gasteiger partial charge in [0.25, 0.3) is 0 Å². The Bertz CT molecular complexity index is 500. The van der Waals surface area contributed by atoms with Crippen LogP contribution in [0.2, 0.25) is 0 Å². The molecule has 0 saturated heterocycles. The molecule has 1 aromatic heterocycles. The summed E-state index contributed by atoms with van der Waals surface area (Å²) in [6, 6.07) is 10.8. The number of fused-ring (bicyclic) bond motifs is 3. The van der Waals surface area contributed by atoms with Crippen LogP contribution in [0, 0.1) is 6.92 Å². The van der Waals surface area contributed by atoms with Crippen LogP contribution in [0.1, 0.15) is 16.8 Å². The number of nitrogens with zero attached hydrogens (tertiary/aromatic N) is 1. The summed E-state index contributed by atoms with van der Waals surface area (Å²) in [6.07, 6.45) is 2.94. The molecule has 1 aliphatic rings. The zero-order valence-electron chi connectivity index (χ0n) is 8.12. The molecule has 0 atom stereocenters. The van der Waals surface area contributed by atoms with Crippen molar-refractivity contribution in [2.75, 3.05) is 0 Å². The fraction of sp³-hybridized carbons (Fsp3) is 0.154. The Hall–Kier alpha value is -1.63. The number of hydrogen-bond acceptors (Lipinski definition) is 1. The first kappa shape index (κ1) is 7.74. The molecule has 1 heteroatoms. The standard InChI is InChI=1S/C13H11N/c1-9-6-12-11-5-3-2-4-10(11)7-13(12)14-8-9/h2-6,8H,7H2,1H3. The van der Waals surface area contributed by atoms with Gasteiger partial charge in [-0.3, -0.25) is 4.98 Å². The maximum absolute atomic E-state index is 4.47. The Labute approximate surface area is 83.4 Å². The lowest BCUT2D eigenvalue weighted by Crippen LogP contribution is -1.86. The monoisotopic (exact) mass is 181 g/mol. The van der Waals surface area contributed by atoms with E-state index in [-0.39, 0.29) is 0 Å². The summed E-state index contributed by atoms with van der Waals surface area (Å²) in [5.41, 5.74) is 6.54. The van der Waals surface area contributed by atoms with Crippen molar-refractivity contribution < 1.29 is 0 Å². The third kappa shape index (κ3) is 0.987. The SMILES string of the molecule is Cc1cnc2c(c1)-c1ccccc1C2. The minimum absolute atomic E-state index is 0.992. The van der Waals surface area contributed by atoms with Gasteiger partial charge in [0.05, 0.1) is 5.69 Å². The molecular weight excluding hydrogens is 170 g/mol. The molecule has 0 amide bonds. The largest absolute Gasteiger partial charge is 0.260 e. The quantitative estimate of drug-likeness (QED) is 0.519. The van der Waals surface area contributed by atoms with Crippen LogP contribution in [0.25, 0.3) is 11.1 Å². The highest BCUT2D eigenvalue weighted by Gasteiger charge is 2.18. The van der Waals surface area contributed by atoms with Gasteiger partial charge in [0.15, 0.2) is 0 Å². The van der Waals surface area contributed by atoms with Gasteiger partial charge in [-0.15, -0.1) is 0 Å². The molecule has 0 fully saturated rings. The average molecular weight is 181 g/mol. The van der Waals surface area contributed by atoms with E-state index in [2.05, 4.69) is 42.2 Å². The average Bonchev–Trinajstić information content (AvgIpc) is 2.56. The van der Waals surface area contributed by atoms with Gasteiger partial charge in [-0.2, -0.15) is 0 Å². The van der Waals surface area contributed by atoms with Gasteiger partial charge in [-0.25, -0.2) is 0 Å². The normalized spacial score (nSPS) is 12.4. The molecule has 1 heterocycles. The van der Waals surface area contributed by atoms with Crippen LogP contribution in [0.3, 0.4) is 0 Å². The van der Waals surface area contributed by atoms with E-state index in [0.29, 0.717) is 0 Å². The smallest absolute Gasteiger partial charge is 0.0526 e. The predicted octanol–water partition coefficient (Wildman–Crippen LogP) is 2.96. The van der Waals surface area contributed by atoms with E-state index < -0.39 is 0 Å². The highest BCUT2D eigenvalue weighted by atomic mass is 14.7. The van der Waals surface area contributed by atoms with Crippen molar-refractivity contribution in [1.82, 2.24) is 4.98 Å². The van der Waals surface area contributed by atoms with E-state index in [1.165, 1.54) is 27.9 Å². The Balaban J connectivity index is 2.30. The second-order valence-electron chi connectivity index (χ2n) is 3.84. The van der Waals surface area contributed by atoms with Crippen molar-refractivity contribution in [3.05, 3.63) is 53.3 Å². The van der Waals surface area contributed by atoms with E-state index in [4.69, 9.17) is 0 Å². The van der Waals surface area contributed by atoms with Gasteiger partial charge in [0.1, 0.15) is 0 Å². The molecule has 0 radical (unpaired) electrons. The first-order chi connectivity index (χ1) is 6.84. The number of benzene rings is 1. The van der Waals surface area contributed by atoms with Crippen LogP contribution in [-0.4, -0.2) is 4.98 Å². The minimum atomic E-state index is 0.992. The van der Waals surface area contributed by atoms with Gasteiger partial charge in [-0.05, 0) is 29.7 Å². The van der Waals surface area contributed by atoms with E-state index in [9.17, 15) is 0 Å². The molecule has 68 valence electrons. The molecule has 1 aromatic carbocycles. The number of rotatable bonds is 0. The first-order valence-corrected chi connectivity index (χ1v) is 4.88. The zero-order valence-corrected chi connectivity index (χ0v) is 8.12. The summed E-state index contributed by atoms with van der Waals surface area (Å²) in [5.74, 6) is 0. The van der Waals surface area contributed by atoms with Crippen molar-refractivity contribution in [3.8, 4) is 11.1 Å². The van der Waals surface area contributed by atoms with Gasteiger partial charge in [0, 0.05) is 18.2 Å². The van der Waals surface area contributed by atoms with Crippen LogP contribution in [0.15, 0.2) is 36.5 Å². The molecule has 0 unspecified atom stereocenters. The Morgan fingerprint density at radius 2 is 2.00 bits per heavy atom. The van der Waals surface area contributed by atoms with Crippen LogP contribution in [0.4, 0.5) is 0 Å². The number of hydrogen-bond donors (Lipinski definition) is 0. The van der Waals surface area contributed by atoms with E-state index in [1.54, 1.807) is 0 Å². The third-order valence-corrected chi connectivity index (χ3v) is 2.77. The predicted molar refractivity (Wildman–Crippen MR) is 57.2 cm³/mol. The summed E-state index contributed by atoms with van der Waals surface area (Å²) in [7, 11) is 0. The van der Waals surface area contributed by atoms with Gasteiger partial charge in [0.2, 0.25) is 0 Å². The number of aromatic nitrogens is 1. The van der Waals surface area contributed by atoms with E-state index >= 15 is 0 Å². The van der Waals surface area contributed by atoms with Crippen LogP contribution < -0.4 is 0 Å². The third-order valence-electron chi connectivity index (χ3n) is 2.77.